The van der Waals surface area contributed by atoms with Crippen LogP contribution in [0.2, 0.25) is 0 Å². The van der Waals surface area contributed by atoms with Gasteiger partial charge < -0.3 is 14.4 Å². The van der Waals surface area contributed by atoms with Crippen molar-refractivity contribution in [2.45, 2.75) is 12.5 Å². The minimum absolute atomic E-state index is 0.255. The molecule has 0 saturated heterocycles. The average Bonchev–Trinajstić information content (AvgIpc) is 2.53. The monoisotopic (exact) mass is 271 g/mol. The minimum atomic E-state index is 0.255. The Morgan fingerprint density at radius 1 is 1.20 bits per heavy atom. The van der Waals surface area contributed by atoms with Crippen LogP contribution in [0.3, 0.4) is 0 Å². The van der Waals surface area contributed by atoms with Crippen molar-refractivity contribution in [3.05, 3.63) is 36.2 Å². The van der Waals surface area contributed by atoms with Gasteiger partial charge in [-0.05, 0) is 24.1 Å². The van der Waals surface area contributed by atoms with Gasteiger partial charge in [-0.3, -0.25) is 9.98 Å². The zero-order chi connectivity index (χ0) is 13.9. The molecule has 3 rings (SSSR count). The van der Waals surface area contributed by atoms with Gasteiger partial charge >= 0.3 is 0 Å². The van der Waals surface area contributed by atoms with E-state index in [1.54, 1.807) is 26.6 Å². The number of rotatable bonds is 3. The summed E-state index contributed by atoms with van der Waals surface area (Å²) in [6.07, 6.45) is 6.53. The van der Waals surface area contributed by atoms with Gasteiger partial charge in [0.1, 0.15) is 5.84 Å². The van der Waals surface area contributed by atoms with E-state index in [-0.39, 0.29) is 6.04 Å². The van der Waals surface area contributed by atoms with Crippen molar-refractivity contribution in [2.75, 3.05) is 20.8 Å². The van der Waals surface area contributed by atoms with Gasteiger partial charge in [-0.2, -0.15) is 0 Å². The first kappa shape index (κ1) is 12.7. The number of hydrogen-bond acceptors (Lipinski definition) is 5. The molecule has 0 saturated carbocycles. The first-order chi connectivity index (χ1) is 9.83. The summed E-state index contributed by atoms with van der Waals surface area (Å²) in [5.74, 6) is 2.42. The third-order valence-corrected chi connectivity index (χ3v) is 3.57. The van der Waals surface area contributed by atoms with E-state index in [2.05, 4.69) is 21.0 Å². The molecule has 0 amide bonds. The lowest BCUT2D eigenvalue weighted by molar-refractivity contribution is 0.347. The van der Waals surface area contributed by atoms with Crippen LogP contribution in [0.15, 0.2) is 40.6 Å². The topological polar surface area (TPSA) is 46.4 Å². The highest BCUT2D eigenvalue weighted by atomic mass is 16.5. The molecule has 20 heavy (non-hydrogen) atoms. The van der Waals surface area contributed by atoms with Gasteiger partial charge in [0.15, 0.2) is 11.5 Å². The smallest absolute Gasteiger partial charge is 0.161 e. The molecule has 2 heterocycles. The predicted molar refractivity (Wildman–Crippen MR) is 78.7 cm³/mol. The van der Waals surface area contributed by atoms with Crippen molar-refractivity contribution < 1.29 is 9.47 Å². The summed E-state index contributed by atoms with van der Waals surface area (Å²) in [5, 5.41) is 0. The van der Waals surface area contributed by atoms with Crippen molar-refractivity contribution in [2.24, 2.45) is 9.98 Å². The molecule has 2 aliphatic rings. The van der Waals surface area contributed by atoms with Crippen LogP contribution in [-0.4, -0.2) is 37.7 Å². The summed E-state index contributed by atoms with van der Waals surface area (Å²) in [6.45, 7) is 0.810. The van der Waals surface area contributed by atoms with Crippen molar-refractivity contribution in [3.63, 3.8) is 0 Å². The molecule has 0 bridgehead atoms. The quantitative estimate of drug-likeness (QED) is 0.848. The molecule has 5 nitrogen and oxygen atoms in total. The van der Waals surface area contributed by atoms with Gasteiger partial charge in [0.05, 0.1) is 26.5 Å². The normalized spacial score (nSPS) is 20.4. The Kier molecular flexibility index (Phi) is 3.41. The van der Waals surface area contributed by atoms with E-state index in [0.29, 0.717) is 0 Å². The minimum Gasteiger partial charge on any atom is -0.493 e. The fourth-order valence-corrected chi connectivity index (χ4v) is 2.58. The number of benzene rings is 1. The average molecular weight is 271 g/mol. The highest BCUT2D eigenvalue weighted by molar-refractivity contribution is 6.30. The molecule has 1 aromatic rings. The maximum absolute atomic E-state index is 5.39. The fraction of sp³-hybridized carbons (Fsp3) is 0.333. The lowest BCUT2D eigenvalue weighted by Crippen LogP contribution is -2.36. The summed E-state index contributed by atoms with van der Waals surface area (Å²) >= 11 is 0. The van der Waals surface area contributed by atoms with Crippen LogP contribution in [0.4, 0.5) is 0 Å². The van der Waals surface area contributed by atoms with E-state index < -0.39 is 0 Å². The van der Waals surface area contributed by atoms with Crippen LogP contribution in [0.1, 0.15) is 18.0 Å². The molecule has 0 aliphatic carbocycles. The van der Waals surface area contributed by atoms with E-state index >= 15 is 0 Å². The molecule has 5 heteroatoms. The molecule has 0 radical (unpaired) electrons. The lowest BCUT2D eigenvalue weighted by Gasteiger charge is -2.34. The largest absolute Gasteiger partial charge is 0.493 e. The van der Waals surface area contributed by atoms with E-state index in [4.69, 9.17) is 9.47 Å². The zero-order valence-corrected chi connectivity index (χ0v) is 11.6. The molecule has 1 unspecified atom stereocenters. The fourth-order valence-electron chi connectivity index (χ4n) is 2.58. The molecule has 0 aromatic heterocycles. The number of methoxy groups -OCH3 is 2. The van der Waals surface area contributed by atoms with E-state index in [0.717, 1.165) is 30.3 Å². The molecular weight excluding hydrogens is 254 g/mol. The van der Waals surface area contributed by atoms with Crippen LogP contribution in [0.5, 0.6) is 11.5 Å². The molecule has 1 aromatic carbocycles. The van der Waals surface area contributed by atoms with Gasteiger partial charge in [0, 0.05) is 18.9 Å². The van der Waals surface area contributed by atoms with E-state index in [1.165, 1.54) is 5.56 Å². The van der Waals surface area contributed by atoms with Gasteiger partial charge in [-0.15, -0.1) is 0 Å². The van der Waals surface area contributed by atoms with Crippen LogP contribution >= 0.6 is 0 Å². The lowest BCUT2D eigenvalue weighted by atomic mass is 10.00. The summed E-state index contributed by atoms with van der Waals surface area (Å²) in [5.41, 5.74) is 1.19. The summed E-state index contributed by atoms with van der Waals surface area (Å²) in [6, 6.07) is 6.31. The molecule has 0 N–H and O–H groups in total. The van der Waals surface area contributed by atoms with Gasteiger partial charge in [-0.1, -0.05) is 6.07 Å². The first-order valence-corrected chi connectivity index (χ1v) is 6.58. The van der Waals surface area contributed by atoms with Crippen LogP contribution < -0.4 is 9.47 Å². The third-order valence-electron chi connectivity index (χ3n) is 3.57. The summed E-state index contributed by atoms with van der Waals surface area (Å²) in [7, 11) is 3.30. The molecule has 0 spiro atoms. The van der Waals surface area contributed by atoms with Gasteiger partial charge in [0.25, 0.3) is 0 Å². The SMILES string of the molecule is COc1ccc(C2CCN=C3C=NC=CN32)cc1OC. The Morgan fingerprint density at radius 3 is 2.85 bits per heavy atom. The summed E-state index contributed by atoms with van der Waals surface area (Å²) < 4.78 is 10.7. The van der Waals surface area contributed by atoms with Crippen LogP contribution in [0, 0.1) is 0 Å². The summed E-state index contributed by atoms with van der Waals surface area (Å²) in [4.78, 5) is 10.8. The Bertz CT molecular complexity index is 593. The maximum atomic E-state index is 5.39. The Morgan fingerprint density at radius 2 is 2.05 bits per heavy atom. The third kappa shape index (κ3) is 2.15. The Hall–Kier alpha value is -2.30. The molecule has 1 atom stereocenters. The number of nitrogens with zero attached hydrogens (tertiary/aromatic N) is 3. The molecule has 104 valence electrons. The van der Waals surface area contributed by atoms with Gasteiger partial charge in [0.2, 0.25) is 0 Å². The van der Waals surface area contributed by atoms with Crippen molar-refractivity contribution in [1.29, 1.82) is 0 Å². The first-order valence-electron chi connectivity index (χ1n) is 6.58. The highest BCUT2D eigenvalue weighted by Crippen LogP contribution is 2.35. The molecular formula is C15H17N3O2. The Balaban J connectivity index is 1.95. The zero-order valence-electron chi connectivity index (χ0n) is 11.6. The second-order valence-corrected chi connectivity index (χ2v) is 4.64. The second kappa shape index (κ2) is 5.36. The van der Waals surface area contributed by atoms with Crippen molar-refractivity contribution >= 4 is 12.1 Å². The predicted octanol–water partition coefficient (Wildman–Crippen LogP) is 2.40. The van der Waals surface area contributed by atoms with E-state index in [1.807, 2.05) is 18.3 Å². The Labute approximate surface area is 118 Å². The standard InChI is InChI=1S/C15H17N3O2/c1-19-13-4-3-11(9-14(13)20-2)12-5-6-17-15-10-16-7-8-18(12)15/h3-4,7-10,12H,5-6H2,1-2H3. The van der Waals surface area contributed by atoms with Crippen molar-refractivity contribution in [3.8, 4) is 11.5 Å². The number of ether oxygens (including phenoxy) is 2. The highest BCUT2D eigenvalue weighted by Gasteiger charge is 2.26. The number of amidine groups is 1. The second-order valence-electron chi connectivity index (χ2n) is 4.64. The number of fused-ring (bicyclic) bond motifs is 1. The van der Waals surface area contributed by atoms with Crippen LogP contribution in [-0.2, 0) is 0 Å². The van der Waals surface area contributed by atoms with Gasteiger partial charge in [-0.25, -0.2) is 0 Å². The van der Waals surface area contributed by atoms with Crippen LogP contribution in [0.25, 0.3) is 0 Å². The number of hydrogen-bond donors (Lipinski definition) is 0. The molecule has 0 fully saturated rings. The molecule has 2 aliphatic heterocycles. The van der Waals surface area contributed by atoms with E-state index in [9.17, 15) is 0 Å². The van der Waals surface area contributed by atoms with Crippen molar-refractivity contribution in [1.82, 2.24) is 4.90 Å². The maximum Gasteiger partial charge on any atom is 0.161 e. The number of aliphatic imine (C=N–C) groups is 2.